The molecule has 12 heteroatoms. The van der Waals surface area contributed by atoms with Gasteiger partial charge in [0.25, 0.3) is 5.91 Å². The average molecular weight is 549 g/mol. The lowest BCUT2D eigenvalue weighted by molar-refractivity contribution is -0.115. The molecular weight excluding hydrogens is 518 g/mol. The second-order valence-corrected chi connectivity index (χ2v) is 9.60. The molecule has 3 heterocycles. The van der Waals surface area contributed by atoms with Crippen LogP contribution in [0.2, 0.25) is 0 Å². The third-order valence-electron chi connectivity index (χ3n) is 6.90. The van der Waals surface area contributed by atoms with Crippen molar-refractivity contribution < 1.29 is 18.4 Å². The molecule has 208 valence electrons. The van der Waals surface area contributed by atoms with E-state index in [4.69, 9.17) is 0 Å². The lowest BCUT2D eigenvalue weighted by atomic mass is 10.1. The molecule has 40 heavy (non-hydrogen) atoms. The van der Waals surface area contributed by atoms with Gasteiger partial charge in [-0.1, -0.05) is 13.8 Å². The highest BCUT2D eigenvalue weighted by Gasteiger charge is 2.24. The van der Waals surface area contributed by atoms with Crippen LogP contribution in [0.4, 0.5) is 26.1 Å². The molecule has 5 rings (SSSR count). The summed E-state index contributed by atoms with van der Waals surface area (Å²) in [7, 11) is 1.68. The summed E-state index contributed by atoms with van der Waals surface area (Å²) in [6, 6.07) is 7.73. The van der Waals surface area contributed by atoms with Crippen LogP contribution in [0.1, 0.15) is 30.6 Å². The van der Waals surface area contributed by atoms with Gasteiger partial charge in [0.2, 0.25) is 11.9 Å². The SMILES string of the molecule is CCC(=O)Nc1cc(Nc2ncc(F)c(-c3cc(F)c4nn(C)cc4c3)n2)ccc1C(=O)N1CCN(CC)CC1. The van der Waals surface area contributed by atoms with Gasteiger partial charge in [-0.3, -0.25) is 14.3 Å². The highest BCUT2D eigenvalue weighted by molar-refractivity contribution is 6.04. The Hall–Kier alpha value is -4.45. The number of nitrogens with one attached hydrogen (secondary N) is 2. The van der Waals surface area contributed by atoms with E-state index in [0.717, 1.165) is 25.8 Å². The van der Waals surface area contributed by atoms with Gasteiger partial charge >= 0.3 is 0 Å². The first kappa shape index (κ1) is 27.1. The number of halogens is 2. The zero-order valence-corrected chi connectivity index (χ0v) is 22.5. The molecule has 0 saturated carbocycles. The first-order valence-electron chi connectivity index (χ1n) is 13.1. The number of piperazine rings is 1. The molecule has 0 atom stereocenters. The molecule has 1 aliphatic rings. The number of rotatable bonds is 7. The van der Waals surface area contributed by atoms with Crippen LogP contribution in [-0.2, 0) is 11.8 Å². The summed E-state index contributed by atoms with van der Waals surface area (Å²) in [4.78, 5) is 38.0. The molecule has 0 bridgehead atoms. The van der Waals surface area contributed by atoms with E-state index in [1.54, 1.807) is 49.3 Å². The van der Waals surface area contributed by atoms with E-state index in [1.165, 1.54) is 10.7 Å². The largest absolute Gasteiger partial charge is 0.336 e. The summed E-state index contributed by atoms with van der Waals surface area (Å²) in [6.07, 6.45) is 2.88. The molecule has 2 aromatic heterocycles. The Morgan fingerprint density at radius 3 is 2.52 bits per heavy atom. The van der Waals surface area contributed by atoms with Crippen molar-refractivity contribution in [3.8, 4) is 11.3 Å². The Labute approximate surface area is 230 Å². The Kier molecular flexibility index (Phi) is 7.69. The van der Waals surface area contributed by atoms with Gasteiger partial charge in [-0.25, -0.2) is 18.7 Å². The highest BCUT2D eigenvalue weighted by atomic mass is 19.1. The zero-order valence-electron chi connectivity index (χ0n) is 22.5. The monoisotopic (exact) mass is 548 g/mol. The predicted octanol–water partition coefficient (Wildman–Crippen LogP) is 4.18. The van der Waals surface area contributed by atoms with E-state index < -0.39 is 11.6 Å². The van der Waals surface area contributed by atoms with Gasteiger partial charge in [0.05, 0.1) is 17.4 Å². The number of aryl methyl sites for hydroxylation is 1. The van der Waals surface area contributed by atoms with Crippen LogP contribution < -0.4 is 10.6 Å². The maximum atomic E-state index is 14.8. The molecule has 10 nitrogen and oxygen atoms in total. The molecular formula is C28H30F2N8O2. The summed E-state index contributed by atoms with van der Waals surface area (Å²) in [5, 5.41) is 10.4. The van der Waals surface area contributed by atoms with Gasteiger partial charge in [0.1, 0.15) is 11.2 Å². The molecule has 0 aliphatic carbocycles. The minimum absolute atomic E-state index is 0.0608. The Morgan fingerprint density at radius 2 is 1.80 bits per heavy atom. The summed E-state index contributed by atoms with van der Waals surface area (Å²) < 4.78 is 30.9. The van der Waals surface area contributed by atoms with Gasteiger partial charge in [-0.05, 0) is 36.9 Å². The van der Waals surface area contributed by atoms with Gasteiger partial charge in [-0.15, -0.1) is 0 Å². The molecule has 1 aliphatic heterocycles. The van der Waals surface area contributed by atoms with Crippen molar-refractivity contribution >= 4 is 40.0 Å². The van der Waals surface area contributed by atoms with Gasteiger partial charge in [-0.2, -0.15) is 5.10 Å². The number of likely N-dealkylation sites (N-methyl/N-ethyl adjacent to an activating group) is 1. The minimum atomic E-state index is -0.715. The van der Waals surface area contributed by atoms with Crippen molar-refractivity contribution in [2.24, 2.45) is 7.05 Å². The van der Waals surface area contributed by atoms with E-state index in [0.29, 0.717) is 35.4 Å². The average Bonchev–Trinajstić information content (AvgIpc) is 3.34. The molecule has 0 spiro atoms. The maximum absolute atomic E-state index is 14.8. The first-order valence-corrected chi connectivity index (χ1v) is 13.1. The molecule has 1 fully saturated rings. The maximum Gasteiger partial charge on any atom is 0.256 e. The van der Waals surface area contributed by atoms with Crippen molar-refractivity contribution in [3.05, 3.63) is 59.9 Å². The number of fused-ring (bicyclic) bond motifs is 1. The fourth-order valence-corrected chi connectivity index (χ4v) is 4.70. The number of anilines is 3. The molecule has 2 amide bonds. The van der Waals surface area contributed by atoms with Crippen molar-refractivity contribution in [3.63, 3.8) is 0 Å². The van der Waals surface area contributed by atoms with Crippen LogP contribution in [-0.4, -0.2) is 74.1 Å². The highest BCUT2D eigenvalue weighted by Crippen LogP contribution is 2.29. The molecule has 2 aromatic carbocycles. The van der Waals surface area contributed by atoms with Crippen molar-refractivity contribution in [1.29, 1.82) is 0 Å². The topological polar surface area (TPSA) is 108 Å². The molecule has 2 N–H and O–H groups in total. The Balaban J connectivity index is 1.43. The van der Waals surface area contributed by atoms with Crippen LogP contribution in [0, 0.1) is 11.6 Å². The molecule has 0 unspecified atom stereocenters. The van der Waals surface area contributed by atoms with Gasteiger partial charge in [0, 0.05) is 62.5 Å². The Morgan fingerprint density at radius 1 is 1.02 bits per heavy atom. The fourth-order valence-electron chi connectivity index (χ4n) is 4.70. The van der Waals surface area contributed by atoms with E-state index in [9.17, 15) is 18.4 Å². The third-order valence-corrected chi connectivity index (χ3v) is 6.90. The van der Waals surface area contributed by atoms with E-state index in [1.807, 2.05) is 0 Å². The number of carbonyl (C=O) groups excluding carboxylic acids is 2. The smallest absolute Gasteiger partial charge is 0.256 e. The number of hydrogen-bond acceptors (Lipinski definition) is 7. The second kappa shape index (κ2) is 11.3. The summed E-state index contributed by atoms with van der Waals surface area (Å²) in [6.45, 7) is 7.54. The zero-order chi connectivity index (χ0) is 28.4. The van der Waals surface area contributed by atoms with Crippen LogP contribution in [0.25, 0.3) is 22.2 Å². The lowest BCUT2D eigenvalue weighted by Gasteiger charge is -2.34. The molecule has 4 aromatic rings. The summed E-state index contributed by atoms with van der Waals surface area (Å²) in [5.74, 6) is -1.65. The first-order chi connectivity index (χ1) is 19.2. The molecule has 0 radical (unpaired) electrons. The van der Waals surface area contributed by atoms with Crippen molar-refractivity contribution in [2.75, 3.05) is 43.4 Å². The van der Waals surface area contributed by atoms with Crippen molar-refractivity contribution in [1.82, 2.24) is 29.5 Å². The van der Waals surface area contributed by atoms with E-state index in [2.05, 4.69) is 37.5 Å². The number of benzene rings is 2. The second-order valence-electron chi connectivity index (χ2n) is 9.60. The van der Waals surface area contributed by atoms with E-state index >= 15 is 0 Å². The molecule has 1 saturated heterocycles. The van der Waals surface area contributed by atoms with Crippen molar-refractivity contribution in [2.45, 2.75) is 20.3 Å². The van der Waals surface area contributed by atoms with Crippen LogP contribution >= 0.6 is 0 Å². The summed E-state index contributed by atoms with van der Waals surface area (Å²) in [5.41, 5.74) is 1.54. The lowest BCUT2D eigenvalue weighted by Crippen LogP contribution is -2.48. The van der Waals surface area contributed by atoms with Crippen LogP contribution in [0.15, 0.2) is 42.7 Å². The number of nitrogens with zero attached hydrogens (tertiary/aromatic N) is 6. The standard InChI is InChI=1S/C28H30F2N8O2/c1-4-24(39)33-23-14-19(6-7-20(23)27(40)38-10-8-37(5-2)9-11-38)32-28-31-15-22(30)25(34-28)17-12-18-16-36(3)35-26(18)21(29)13-17/h6-7,12-16H,4-5,8-11H2,1-3H3,(H,33,39)(H,31,32,34). The fraction of sp³-hybridized carbons (Fsp3) is 0.321. The predicted molar refractivity (Wildman–Crippen MR) is 148 cm³/mol. The van der Waals surface area contributed by atoms with Gasteiger partial charge in [0.15, 0.2) is 11.6 Å². The number of carbonyl (C=O) groups is 2. The summed E-state index contributed by atoms with van der Waals surface area (Å²) >= 11 is 0. The minimum Gasteiger partial charge on any atom is -0.336 e. The normalized spacial score (nSPS) is 14.0. The quantitative estimate of drug-likeness (QED) is 0.357. The Bertz CT molecular complexity index is 1580. The number of aromatic nitrogens is 4. The van der Waals surface area contributed by atoms with Crippen LogP contribution in [0.5, 0.6) is 0 Å². The third kappa shape index (κ3) is 5.62. The number of amides is 2. The van der Waals surface area contributed by atoms with Gasteiger partial charge < -0.3 is 20.4 Å². The van der Waals surface area contributed by atoms with Crippen LogP contribution in [0.3, 0.4) is 0 Å². The number of hydrogen-bond donors (Lipinski definition) is 2. The van der Waals surface area contributed by atoms with E-state index in [-0.39, 0.29) is 41.0 Å².